The highest BCUT2D eigenvalue weighted by molar-refractivity contribution is 5.81. The molecule has 3 rings (SSSR count). The topological polar surface area (TPSA) is 40.7 Å². The molecule has 2 N–H and O–H groups in total. The minimum Gasteiger partial charge on any atom is -0.381 e. The smallest absolute Gasteiger partial charge is 0.381 e. The van der Waals surface area contributed by atoms with E-state index in [0.29, 0.717) is 0 Å². The highest BCUT2D eigenvalue weighted by Crippen LogP contribution is 2.32. The number of anilines is 1. The predicted molar refractivity (Wildman–Crippen MR) is 74.9 cm³/mol. The van der Waals surface area contributed by atoms with Crippen LogP contribution in [-0.2, 0) is 12.7 Å². The van der Waals surface area contributed by atoms with Crippen molar-refractivity contribution < 1.29 is 13.2 Å². The van der Waals surface area contributed by atoms with Gasteiger partial charge < -0.3 is 5.32 Å². The maximum absolute atomic E-state index is 12.9. The summed E-state index contributed by atoms with van der Waals surface area (Å²) >= 11 is 0. The van der Waals surface area contributed by atoms with Gasteiger partial charge in [-0.3, -0.25) is 5.10 Å². The van der Waals surface area contributed by atoms with Crippen molar-refractivity contribution >= 4 is 16.6 Å². The van der Waals surface area contributed by atoms with Gasteiger partial charge in [0.1, 0.15) is 0 Å². The number of hydrogen-bond donors (Lipinski definition) is 2. The summed E-state index contributed by atoms with van der Waals surface area (Å²) in [5.41, 5.74) is 1.25. The number of halogens is 3. The van der Waals surface area contributed by atoms with Crippen LogP contribution in [0.2, 0.25) is 0 Å². The molecule has 0 aliphatic rings. The van der Waals surface area contributed by atoms with Gasteiger partial charge in [-0.2, -0.15) is 18.3 Å². The summed E-state index contributed by atoms with van der Waals surface area (Å²) in [6.45, 7) is 0.110. The molecule has 108 valence electrons. The molecular weight excluding hydrogens is 279 g/mol. The standard InChI is InChI=1S/C15H12F3N3/c16-15(17,18)13-4-2-1-3-10(13)8-19-12-5-6-14-11(7-12)9-20-21-14/h1-7,9,19H,8H2,(H,20,21). The van der Waals surface area contributed by atoms with E-state index in [9.17, 15) is 13.2 Å². The molecule has 2 aromatic carbocycles. The Morgan fingerprint density at radius 1 is 1.10 bits per heavy atom. The van der Waals surface area contributed by atoms with Crippen LogP contribution in [0.15, 0.2) is 48.7 Å². The third-order valence-corrected chi connectivity index (χ3v) is 3.25. The molecule has 21 heavy (non-hydrogen) atoms. The van der Waals surface area contributed by atoms with Crippen molar-refractivity contribution in [3.63, 3.8) is 0 Å². The Morgan fingerprint density at radius 3 is 2.71 bits per heavy atom. The van der Waals surface area contributed by atoms with Crippen LogP contribution in [0, 0.1) is 0 Å². The lowest BCUT2D eigenvalue weighted by atomic mass is 10.1. The van der Waals surface area contributed by atoms with Crippen LogP contribution in [0.5, 0.6) is 0 Å². The van der Waals surface area contributed by atoms with Gasteiger partial charge in [-0.05, 0) is 29.8 Å². The van der Waals surface area contributed by atoms with Crippen LogP contribution in [0.3, 0.4) is 0 Å². The fraction of sp³-hybridized carbons (Fsp3) is 0.133. The average Bonchev–Trinajstić information content (AvgIpc) is 2.92. The number of aromatic amines is 1. The predicted octanol–water partition coefficient (Wildman–Crippen LogP) is 4.19. The van der Waals surface area contributed by atoms with Crippen LogP contribution in [-0.4, -0.2) is 10.2 Å². The molecule has 0 aliphatic heterocycles. The van der Waals surface area contributed by atoms with E-state index < -0.39 is 11.7 Å². The van der Waals surface area contributed by atoms with E-state index in [1.165, 1.54) is 12.1 Å². The van der Waals surface area contributed by atoms with E-state index in [1.807, 2.05) is 12.1 Å². The first-order valence-corrected chi connectivity index (χ1v) is 6.36. The Bertz CT molecular complexity index is 762. The molecule has 0 radical (unpaired) electrons. The highest BCUT2D eigenvalue weighted by atomic mass is 19.4. The molecule has 1 aromatic heterocycles. The quantitative estimate of drug-likeness (QED) is 0.759. The molecule has 0 saturated carbocycles. The molecule has 0 amide bonds. The summed E-state index contributed by atoms with van der Waals surface area (Å²) in [7, 11) is 0. The van der Waals surface area contributed by atoms with Crippen LogP contribution in [0.1, 0.15) is 11.1 Å². The minimum atomic E-state index is -4.34. The van der Waals surface area contributed by atoms with Gasteiger partial charge in [-0.15, -0.1) is 0 Å². The fourth-order valence-electron chi connectivity index (χ4n) is 2.20. The molecule has 6 heteroatoms. The fourth-order valence-corrected chi connectivity index (χ4v) is 2.20. The summed E-state index contributed by atoms with van der Waals surface area (Å²) < 4.78 is 38.7. The number of fused-ring (bicyclic) bond motifs is 1. The highest BCUT2D eigenvalue weighted by Gasteiger charge is 2.32. The van der Waals surface area contributed by atoms with Gasteiger partial charge in [0.05, 0.1) is 17.3 Å². The van der Waals surface area contributed by atoms with Gasteiger partial charge >= 0.3 is 6.18 Å². The van der Waals surface area contributed by atoms with Crippen molar-refractivity contribution in [1.29, 1.82) is 0 Å². The van der Waals surface area contributed by atoms with Crippen molar-refractivity contribution in [2.45, 2.75) is 12.7 Å². The second-order valence-electron chi connectivity index (χ2n) is 4.68. The molecule has 0 saturated heterocycles. The minimum absolute atomic E-state index is 0.110. The lowest BCUT2D eigenvalue weighted by molar-refractivity contribution is -0.138. The van der Waals surface area contributed by atoms with Crippen molar-refractivity contribution in [1.82, 2.24) is 10.2 Å². The van der Waals surface area contributed by atoms with Crippen LogP contribution >= 0.6 is 0 Å². The molecule has 0 aliphatic carbocycles. The Balaban J connectivity index is 1.81. The Morgan fingerprint density at radius 2 is 1.90 bits per heavy atom. The van der Waals surface area contributed by atoms with E-state index in [-0.39, 0.29) is 12.1 Å². The van der Waals surface area contributed by atoms with Gasteiger partial charge in [-0.25, -0.2) is 0 Å². The SMILES string of the molecule is FC(F)(F)c1ccccc1CNc1ccc2[nH]ncc2c1. The summed E-state index contributed by atoms with van der Waals surface area (Å²) in [4.78, 5) is 0. The second-order valence-corrected chi connectivity index (χ2v) is 4.68. The first-order chi connectivity index (χ1) is 10.0. The van der Waals surface area contributed by atoms with E-state index in [0.717, 1.165) is 22.7 Å². The van der Waals surface area contributed by atoms with Gasteiger partial charge in [0, 0.05) is 17.6 Å². The molecule has 0 unspecified atom stereocenters. The molecule has 3 nitrogen and oxygen atoms in total. The molecule has 0 spiro atoms. The third kappa shape index (κ3) is 2.84. The van der Waals surface area contributed by atoms with Crippen molar-refractivity contribution in [3.05, 3.63) is 59.8 Å². The molecular formula is C15H12F3N3. The normalized spacial score (nSPS) is 11.8. The Kier molecular flexibility index (Phi) is 3.29. The monoisotopic (exact) mass is 291 g/mol. The number of hydrogen-bond acceptors (Lipinski definition) is 2. The van der Waals surface area contributed by atoms with Gasteiger partial charge in [0.15, 0.2) is 0 Å². The zero-order valence-corrected chi connectivity index (χ0v) is 10.9. The lowest BCUT2D eigenvalue weighted by Crippen LogP contribution is -2.11. The molecule has 0 fully saturated rings. The van der Waals surface area contributed by atoms with E-state index in [1.54, 1.807) is 18.3 Å². The summed E-state index contributed by atoms with van der Waals surface area (Å²) in [5.74, 6) is 0. The summed E-state index contributed by atoms with van der Waals surface area (Å²) in [5, 5.41) is 10.6. The zero-order valence-electron chi connectivity index (χ0n) is 10.9. The number of H-pyrrole nitrogens is 1. The molecule has 3 aromatic rings. The second kappa shape index (κ2) is 5.12. The number of aromatic nitrogens is 2. The number of alkyl halides is 3. The zero-order chi connectivity index (χ0) is 14.9. The summed E-state index contributed by atoms with van der Waals surface area (Å²) in [6.07, 6.45) is -2.67. The van der Waals surface area contributed by atoms with Gasteiger partial charge in [0.25, 0.3) is 0 Å². The molecule has 1 heterocycles. The van der Waals surface area contributed by atoms with Crippen molar-refractivity contribution in [3.8, 4) is 0 Å². The number of nitrogens with one attached hydrogen (secondary N) is 2. The van der Waals surface area contributed by atoms with E-state index in [4.69, 9.17) is 0 Å². The van der Waals surface area contributed by atoms with Crippen molar-refractivity contribution in [2.75, 3.05) is 5.32 Å². The maximum atomic E-state index is 12.9. The van der Waals surface area contributed by atoms with Gasteiger partial charge in [-0.1, -0.05) is 18.2 Å². The Labute approximate surface area is 118 Å². The van der Waals surface area contributed by atoms with Gasteiger partial charge in [0.2, 0.25) is 0 Å². The third-order valence-electron chi connectivity index (χ3n) is 3.25. The molecule has 0 bridgehead atoms. The number of rotatable bonds is 3. The van der Waals surface area contributed by atoms with E-state index >= 15 is 0 Å². The lowest BCUT2D eigenvalue weighted by Gasteiger charge is -2.13. The Hall–Kier alpha value is -2.50. The summed E-state index contributed by atoms with van der Waals surface area (Å²) in [6, 6.07) is 11.0. The number of nitrogens with zero attached hydrogens (tertiary/aromatic N) is 1. The van der Waals surface area contributed by atoms with Crippen LogP contribution < -0.4 is 5.32 Å². The van der Waals surface area contributed by atoms with Crippen LogP contribution in [0.25, 0.3) is 10.9 Å². The van der Waals surface area contributed by atoms with E-state index in [2.05, 4.69) is 15.5 Å². The van der Waals surface area contributed by atoms with Crippen molar-refractivity contribution in [2.24, 2.45) is 0 Å². The van der Waals surface area contributed by atoms with Crippen LogP contribution in [0.4, 0.5) is 18.9 Å². The maximum Gasteiger partial charge on any atom is 0.416 e. The number of benzene rings is 2. The molecule has 0 atom stereocenters. The average molecular weight is 291 g/mol. The first-order valence-electron chi connectivity index (χ1n) is 6.36. The first kappa shape index (κ1) is 13.5. The largest absolute Gasteiger partial charge is 0.416 e.